The smallest absolute Gasteiger partial charge is 0.187 e. The number of hydrogen-bond donors (Lipinski definition) is 5. The van der Waals surface area contributed by atoms with E-state index >= 15 is 0 Å². The van der Waals surface area contributed by atoms with Crippen molar-refractivity contribution < 1.29 is 39.7 Å². The fraction of sp³-hybridized carbons (Fsp3) is 1.00. The Balaban J connectivity index is 1.94. The van der Waals surface area contributed by atoms with Crippen LogP contribution in [0.5, 0.6) is 0 Å². The van der Waals surface area contributed by atoms with Gasteiger partial charge >= 0.3 is 0 Å². The number of ether oxygens (including phenoxy) is 3. The molecule has 0 unspecified atom stereocenters. The van der Waals surface area contributed by atoms with Crippen molar-refractivity contribution in [2.24, 2.45) is 0 Å². The highest BCUT2D eigenvalue weighted by molar-refractivity contribution is 4.89. The molecule has 2 heterocycles. The molecule has 2 saturated heterocycles. The summed E-state index contributed by atoms with van der Waals surface area (Å²) in [6.45, 7) is -0.0325. The Kier molecular flexibility index (Phi) is 5.09. The lowest BCUT2D eigenvalue weighted by molar-refractivity contribution is -0.318. The molecule has 7 atom stereocenters. The van der Waals surface area contributed by atoms with Crippen LogP contribution in [0, 0.1) is 0 Å². The lowest BCUT2D eigenvalue weighted by Crippen LogP contribution is -2.60. The van der Waals surface area contributed by atoms with Crippen LogP contribution in [-0.2, 0) is 14.2 Å². The van der Waals surface area contributed by atoms with Gasteiger partial charge < -0.3 is 39.7 Å². The molecule has 5 N–H and O–H groups in total. The van der Waals surface area contributed by atoms with E-state index in [9.17, 15) is 20.4 Å². The Morgan fingerprint density at radius 1 is 1.00 bits per heavy atom. The van der Waals surface area contributed by atoms with E-state index in [0.717, 1.165) is 0 Å². The first-order chi connectivity index (χ1) is 9.02. The topological polar surface area (TPSA) is 129 Å². The monoisotopic (exact) mass is 280 g/mol. The molecule has 2 rings (SSSR count). The van der Waals surface area contributed by atoms with Crippen LogP contribution in [0.1, 0.15) is 6.42 Å². The summed E-state index contributed by atoms with van der Waals surface area (Å²) in [5.74, 6) is 0. The van der Waals surface area contributed by atoms with Gasteiger partial charge in [-0.1, -0.05) is 0 Å². The zero-order chi connectivity index (χ0) is 14.0. The van der Waals surface area contributed by atoms with Crippen LogP contribution < -0.4 is 0 Å². The van der Waals surface area contributed by atoms with Crippen LogP contribution in [0.4, 0.5) is 0 Å². The van der Waals surface area contributed by atoms with Crippen LogP contribution >= 0.6 is 0 Å². The fourth-order valence-electron chi connectivity index (χ4n) is 2.24. The van der Waals surface area contributed by atoms with E-state index in [1.54, 1.807) is 0 Å². The minimum absolute atomic E-state index is 0.231. The van der Waals surface area contributed by atoms with Crippen LogP contribution in [-0.4, -0.2) is 88.3 Å². The van der Waals surface area contributed by atoms with Crippen LogP contribution in [0.15, 0.2) is 0 Å². The lowest BCUT2D eigenvalue weighted by Gasteiger charge is -2.41. The van der Waals surface area contributed by atoms with Crippen molar-refractivity contribution in [1.82, 2.24) is 0 Å². The first kappa shape index (κ1) is 15.1. The van der Waals surface area contributed by atoms with Gasteiger partial charge in [0.05, 0.1) is 32.0 Å². The van der Waals surface area contributed by atoms with Crippen molar-refractivity contribution in [3.05, 3.63) is 0 Å². The quantitative estimate of drug-likeness (QED) is 0.369. The van der Waals surface area contributed by atoms with Crippen LogP contribution in [0.3, 0.4) is 0 Å². The molecule has 0 amide bonds. The highest BCUT2D eigenvalue weighted by atomic mass is 16.7. The summed E-state index contributed by atoms with van der Waals surface area (Å²) in [5.41, 5.74) is 0. The van der Waals surface area contributed by atoms with E-state index in [2.05, 4.69) is 0 Å². The second-order valence-corrected chi connectivity index (χ2v) is 4.88. The Morgan fingerprint density at radius 3 is 2.37 bits per heavy atom. The van der Waals surface area contributed by atoms with E-state index in [1.165, 1.54) is 0 Å². The molecule has 0 aliphatic carbocycles. The molecule has 112 valence electrons. The zero-order valence-corrected chi connectivity index (χ0v) is 10.3. The second-order valence-electron chi connectivity index (χ2n) is 4.88. The molecule has 8 nitrogen and oxygen atoms in total. The van der Waals surface area contributed by atoms with Gasteiger partial charge in [0.2, 0.25) is 0 Å². The molecule has 0 spiro atoms. The molecular formula is C11H20O8. The Labute approximate surface area is 110 Å². The van der Waals surface area contributed by atoms with Gasteiger partial charge in [0.15, 0.2) is 6.29 Å². The second kappa shape index (κ2) is 6.42. The van der Waals surface area contributed by atoms with Crippen LogP contribution in [0.2, 0.25) is 0 Å². The van der Waals surface area contributed by atoms with Crippen molar-refractivity contribution in [3.63, 3.8) is 0 Å². The molecule has 2 aliphatic rings. The highest BCUT2D eigenvalue weighted by Gasteiger charge is 2.45. The lowest BCUT2D eigenvalue weighted by atomic mass is 9.99. The summed E-state index contributed by atoms with van der Waals surface area (Å²) in [6, 6.07) is 0. The zero-order valence-electron chi connectivity index (χ0n) is 10.3. The minimum Gasteiger partial charge on any atom is -0.394 e. The Hall–Kier alpha value is -0.320. The predicted octanol–water partition coefficient (Wildman–Crippen LogP) is -3.05. The Bertz CT molecular complexity index is 286. The largest absolute Gasteiger partial charge is 0.394 e. The van der Waals surface area contributed by atoms with E-state index in [4.69, 9.17) is 19.3 Å². The standard InChI is InChI=1S/C11H20O8/c12-2-7-8(14)9(15)10(16)11(19-7)18-6-1-5(13)3-17-4-6/h5-16H,1-4H2/t5-,6+,7-,8+,9+,10-,11-/m1/s1. The van der Waals surface area contributed by atoms with Gasteiger partial charge in [-0.05, 0) is 0 Å². The predicted molar refractivity (Wildman–Crippen MR) is 60.1 cm³/mol. The maximum Gasteiger partial charge on any atom is 0.187 e. The van der Waals surface area contributed by atoms with E-state index in [1.807, 2.05) is 0 Å². The number of aliphatic hydroxyl groups is 5. The summed E-state index contributed by atoms with van der Waals surface area (Å²) in [5, 5.41) is 47.4. The first-order valence-electron chi connectivity index (χ1n) is 6.24. The first-order valence-corrected chi connectivity index (χ1v) is 6.24. The van der Waals surface area contributed by atoms with Crippen molar-refractivity contribution >= 4 is 0 Å². The molecule has 19 heavy (non-hydrogen) atoms. The third-order valence-corrected chi connectivity index (χ3v) is 3.32. The summed E-state index contributed by atoms with van der Waals surface area (Å²) >= 11 is 0. The van der Waals surface area contributed by atoms with Gasteiger partial charge in [-0.3, -0.25) is 0 Å². The summed E-state index contributed by atoms with van der Waals surface area (Å²) in [4.78, 5) is 0. The van der Waals surface area contributed by atoms with Gasteiger partial charge in [-0.25, -0.2) is 0 Å². The molecule has 0 radical (unpaired) electrons. The van der Waals surface area contributed by atoms with Crippen molar-refractivity contribution in [3.8, 4) is 0 Å². The molecule has 2 aliphatic heterocycles. The summed E-state index contributed by atoms with van der Waals surface area (Å²) in [6.07, 6.45) is -7.30. The van der Waals surface area contributed by atoms with Gasteiger partial charge in [0.1, 0.15) is 24.4 Å². The maximum absolute atomic E-state index is 9.77. The third-order valence-electron chi connectivity index (χ3n) is 3.32. The van der Waals surface area contributed by atoms with Gasteiger partial charge in [0, 0.05) is 6.42 Å². The molecule has 2 fully saturated rings. The average molecular weight is 280 g/mol. The number of aliphatic hydroxyl groups excluding tert-OH is 5. The van der Waals surface area contributed by atoms with Gasteiger partial charge in [-0.15, -0.1) is 0 Å². The maximum atomic E-state index is 9.77. The molecule has 0 aromatic heterocycles. The minimum atomic E-state index is -1.47. The van der Waals surface area contributed by atoms with Gasteiger partial charge in [0.25, 0.3) is 0 Å². The summed E-state index contributed by atoms with van der Waals surface area (Å²) in [7, 11) is 0. The third kappa shape index (κ3) is 3.41. The highest BCUT2D eigenvalue weighted by Crippen LogP contribution is 2.24. The number of rotatable bonds is 3. The van der Waals surface area contributed by atoms with E-state index < -0.39 is 49.5 Å². The normalized spacial score (nSPS) is 48.2. The average Bonchev–Trinajstić information content (AvgIpc) is 2.39. The SMILES string of the molecule is OC[C@H]1O[C@@H](O[C@@H]2COC[C@H](O)C2)[C@H](O)[C@@H](O)[C@H]1O. The molecule has 0 bridgehead atoms. The Morgan fingerprint density at radius 2 is 1.74 bits per heavy atom. The van der Waals surface area contributed by atoms with Crippen LogP contribution in [0.25, 0.3) is 0 Å². The fourth-order valence-corrected chi connectivity index (χ4v) is 2.24. The molecule has 8 heteroatoms. The van der Waals surface area contributed by atoms with E-state index in [-0.39, 0.29) is 13.2 Å². The van der Waals surface area contributed by atoms with E-state index in [0.29, 0.717) is 6.42 Å². The molecule has 0 aromatic carbocycles. The molecule has 0 aromatic rings. The van der Waals surface area contributed by atoms with Crippen molar-refractivity contribution in [2.45, 2.75) is 49.3 Å². The van der Waals surface area contributed by atoms with Crippen molar-refractivity contribution in [1.29, 1.82) is 0 Å². The van der Waals surface area contributed by atoms with Gasteiger partial charge in [-0.2, -0.15) is 0 Å². The van der Waals surface area contributed by atoms with Crippen molar-refractivity contribution in [2.75, 3.05) is 19.8 Å². The summed E-state index contributed by atoms with van der Waals surface area (Å²) < 4.78 is 15.7. The molecular weight excluding hydrogens is 260 g/mol. The molecule has 0 saturated carbocycles. The number of hydrogen-bond acceptors (Lipinski definition) is 8.